The Morgan fingerprint density at radius 3 is 2.61 bits per heavy atom. The van der Waals surface area contributed by atoms with Crippen LogP contribution in [0.15, 0.2) is 42.5 Å². The average molecular weight is 455 g/mol. The highest BCUT2D eigenvalue weighted by atomic mass is 16.5. The van der Waals surface area contributed by atoms with Crippen LogP contribution in [-0.2, 0) is 33.8 Å². The zero-order valence-corrected chi connectivity index (χ0v) is 17.9. The molecule has 0 aliphatic carbocycles. The number of hydrogen-bond donors (Lipinski definition) is 2. The standard InChI is InChI=1S/C25H28N4O4/c30-23-9-8-22(24(31)27-23)29-16-20-19(25(29)32)2-1-3-21(20)26-14-17-4-6-18(7-5-17)15-28-10-12-33-13-11-28/h1-7,22,26H,8-16H2,(H,27,30,31)/t22-/m1/s1/i14D2,15D2,16D2. The van der Waals surface area contributed by atoms with E-state index in [1.54, 1.807) is 4.90 Å². The summed E-state index contributed by atoms with van der Waals surface area (Å²) in [7, 11) is 0. The highest BCUT2D eigenvalue weighted by molar-refractivity contribution is 6.06. The maximum absolute atomic E-state index is 13.2. The SMILES string of the molecule is [2H]C([2H])(Nc1cccc2c1C([2H])([2H])N([C@@H]1CCC(=O)NC1=O)C2=O)c1ccc(C([2H])([2H])N2CCOCC2)cc1. The highest BCUT2D eigenvalue weighted by Gasteiger charge is 2.39. The van der Waals surface area contributed by atoms with Gasteiger partial charge in [-0.05, 0) is 29.7 Å². The fourth-order valence-corrected chi connectivity index (χ4v) is 4.03. The molecule has 1 atom stereocenters. The molecule has 0 radical (unpaired) electrons. The van der Waals surface area contributed by atoms with Crippen LogP contribution in [0.3, 0.4) is 0 Å². The van der Waals surface area contributed by atoms with Crippen molar-refractivity contribution in [2.24, 2.45) is 0 Å². The number of benzene rings is 2. The van der Waals surface area contributed by atoms with E-state index < -0.39 is 43.3 Å². The van der Waals surface area contributed by atoms with Crippen LogP contribution in [0.4, 0.5) is 5.69 Å². The smallest absolute Gasteiger partial charge is 0.255 e. The van der Waals surface area contributed by atoms with Gasteiger partial charge in [-0.1, -0.05) is 30.3 Å². The number of hydrogen-bond acceptors (Lipinski definition) is 6. The fourth-order valence-electron chi connectivity index (χ4n) is 4.03. The monoisotopic (exact) mass is 454 g/mol. The molecule has 8 nitrogen and oxygen atoms in total. The van der Waals surface area contributed by atoms with Gasteiger partial charge >= 0.3 is 0 Å². The topological polar surface area (TPSA) is 91.0 Å². The zero-order valence-electron chi connectivity index (χ0n) is 23.9. The second-order valence-corrected chi connectivity index (χ2v) is 8.02. The van der Waals surface area contributed by atoms with Gasteiger partial charge < -0.3 is 15.0 Å². The first-order valence-corrected chi connectivity index (χ1v) is 10.9. The van der Waals surface area contributed by atoms with Crippen LogP contribution >= 0.6 is 0 Å². The van der Waals surface area contributed by atoms with Crippen molar-refractivity contribution in [1.29, 1.82) is 0 Å². The Kier molecular flexibility index (Phi) is 4.40. The number of ether oxygens (including phenoxy) is 1. The van der Waals surface area contributed by atoms with Gasteiger partial charge in [0.05, 0.1) is 18.7 Å². The molecule has 2 aromatic rings. The van der Waals surface area contributed by atoms with Gasteiger partial charge in [-0.25, -0.2) is 0 Å². The molecule has 172 valence electrons. The van der Waals surface area contributed by atoms with Gasteiger partial charge in [0, 0.05) is 58.6 Å². The second kappa shape index (κ2) is 9.33. The van der Waals surface area contributed by atoms with E-state index in [1.807, 2.05) is 0 Å². The molecular formula is C25H28N4O4. The number of carbonyl (C=O) groups is 3. The lowest BCUT2D eigenvalue weighted by molar-refractivity contribution is -0.136. The lowest BCUT2D eigenvalue weighted by atomic mass is 10.0. The van der Waals surface area contributed by atoms with Crippen molar-refractivity contribution in [1.82, 2.24) is 15.1 Å². The number of imide groups is 1. The molecule has 2 saturated heterocycles. The van der Waals surface area contributed by atoms with Crippen molar-refractivity contribution in [2.45, 2.75) is 38.4 Å². The molecule has 3 aliphatic heterocycles. The molecule has 0 bridgehead atoms. The molecule has 8 heteroatoms. The van der Waals surface area contributed by atoms with Crippen LogP contribution in [0, 0.1) is 0 Å². The van der Waals surface area contributed by atoms with Gasteiger partial charge in [0.25, 0.3) is 5.91 Å². The summed E-state index contributed by atoms with van der Waals surface area (Å²) in [5.74, 6) is -1.96. The van der Waals surface area contributed by atoms with E-state index >= 15 is 0 Å². The number of carbonyl (C=O) groups excluding carboxylic acids is 3. The maximum atomic E-state index is 13.2. The van der Waals surface area contributed by atoms with Crippen molar-refractivity contribution in [2.75, 3.05) is 31.6 Å². The van der Waals surface area contributed by atoms with Crippen LogP contribution in [-0.4, -0.2) is 59.9 Å². The van der Waals surface area contributed by atoms with Crippen molar-refractivity contribution < 1.29 is 27.3 Å². The van der Waals surface area contributed by atoms with E-state index in [-0.39, 0.29) is 35.2 Å². The quantitative estimate of drug-likeness (QED) is 0.648. The molecule has 33 heavy (non-hydrogen) atoms. The number of nitrogens with zero attached hydrogens (tertiary/aromatic N) is 2. The van der Waals surface area contributed by atoms with Gasteiger partial charge in [0.1, 0.15) is 6.04 Å². The molecule has 0 unspecified atom stereocenters. The van der Waals surface area contributed by atoms with Gasteiger partial charge in [-0.2, -0.15) is 0 Å². The molecule has 2 fully saturated rings. The summed E-state index contributed by atoms with van der Waals surface area (Å²) in [6.45, 7) is -4.70. The second-order valence-electron chi connectivity index (χ2n) is 8.02. The van der Waals surface area contributed by atoms with Crippen LogP contribution < -0.4 is 10.6 Å². The van der Waals surface area contributed by atoms with E-state index in [2.05, 4.69) is 10.6 Å². The number of amides is 3. The predicted molar refractivity (Wildman–Crippen MR) is 122 cm³/mol. The van der Waals surface area contributed by atoms with Crippen LogP contribution in [0.2, 0.25) is 0 Å². The van der Waals surface area contributed by atoms with Crippen molar-refractivity contribution in [3.63, 3.8) is 0 Å². The molecule has 2 aromatic carbocycles. The van der Waals surface area contributed by atoms with E-state index in [0.717, 1.165) is 4.90 Å². The number of piperidine rings is 1. The molecule has 5 rings (SSSR count). The minimum atomic E-state index is -2.45. The number of anilines is 1. The van der Waals surface area contributed by atoms with Crippen LogP contribution in [0.5, 0.6) is 0 Å². The van der Waals surface area contributed by atoms with Gasteiger partial charge in [0.15, 0.2) is 0 Å². The molecule has 3 aliphatic rings. The zero-order chi connectivity index (χ0) is 28.2. The molecule has 0 spiro atoms. The van der Waals surface area contributed by atoms with Gasteiger partial charge in [-0.3, -0.25) is 24.6 Å². The Morgan fingerprint density at radius 1 is 1.09 bits per heavy atom. The lowest BCUT2D eigenvalue weighted by Crippen LogP contribution is -2.52. The molecular weight excluding hydrogens is 420 g/mol. The number of morpholine rings is 1. The Morgan fingerprint density at radius 2 is 1.85 bits per heavy atom. The third-order valence-corrected chi connectivity index (χ3v) is 5.79. The van der Waals surface area contributed by atoms with E-state index in [9.17, 15) is 14.4 Å². The predicted octanol–water partition coefficient (Wildman–Crippen LogP) is 1.89. The van der Waals surface area contributed by atoms with E-state index in [1.165, 1.54) is 42.5 Å². The van der Waals surface area contributed by atoms with Gasteiger partial charge in [0.2, 0.25) is 11.8 Å². The van der Waals surface area contributed by atoms with Crippen molar-refractivity contribution >= 4 is 23.4 Å². The minimum absolute atomic E-state index is 0.000412. The average Bonchev–Trinajstić information content (AvgIpc) is 3.10. The Labute approximate surface area is 201 Å². The Bertz CT molecular complexity index is 1310. The summed E-state index contributed by atoms with van der Waals surface area (Å²) in [6, 6.07) is 9.18. The van der Waals surface area contributed by atoms with Crippen molar-refractivity contribution in [3.05, 3.63) is 64.7 Å². The number of rotatable bonds is 6. The maximum Gasteiger partial charge on any atom is 0.255 e. The Balaban J connectivity index is 1.41. The first kappa shape index (κ1) is 15.6. The third-order valence-electron chi connectivity index (χ3n) is 5.79. The summed E-state index contributed by atoms with van der Waals surface area (Å²) in [5.41, 5.74) is 0.488. The molecule has 3 amide bonds. The van der Waals surface area contributed by atoms with Crippen molar-refractivity contribution in [3.8, 4) is 0 Å². The fraction of sp³-hybridized carbons (Fsp3) is 0.400. The van der Waals surface area contributed by atoms with Gasteiger partial charge in [-0.15, -0.1) is 0 Å². The summed E-state index contributed by atoms with van der Waals surface area (Å²) in [6.07, 6.45) is -0.0441. The summed E-state index contributed by atoms with van der Waals surface area (Å²) in [4.78, 5) is 39.8. The van der Waals surface area contributed by atoms with E-state index in [4.69, 9.17) is 13.0 Å². The highest BCUT2D eigenvalue weighted by Crippen LogP contribution is 2.32. The van der Waals surface area contributed by atoms with Crippen LogP contribution in [0.25, 0.3) is 0 Å². The first-order chi connectivity index (χ1) is 18.3. The molecule has 3 heterocycles. The first-order valence-electron chi connectivity index (χ1n) is 13.9. The summed E-state index contributed by atoms with van der Waals surface area (Å²) < 4.78 is 57.3. The molecule has 0 aromatic heterocycles. The number of nitrogens with one attached hydrogen (secondary N) is 2. The normalized spacial score (nSPS) is 26.2. The van der Waals surface area contributed by atoms with Crippen LogP contribution in [0.1, 0.15) is 48.1 Å². The lowest BCUT2D eigenvalue weighted by Gasteiger charge is -2.29. The van der Waals surface area contributed by atoms with E-state index in [0.29, 0.717) is 31.9 Å². The summed E-state index contributed by atoms with van der Waals surface area (Å²) in [5, 5.41) is 4.87. The molecule has 0 saturated carbocycles. The molecule has 2 N–H and O–H groups in total. The Hall–Kier alpha value is -3.23. The minimum Gasteiger partial charge on any atom is -0.381 e. The largest absolute Gasteiger partial charge is 0.381 e. The third kappa shape index (κ3) is 4.62. The number of fused-ring (bicyclic) bond motifs is 1. The summed E-state index contributed by atoms with van der Waals surface area (Å²) >= 11 is 0.